The second kappa shape index (κ2) is 15.1. The van der Waals surface area contributed by atoms with E-state index in [1.165, 1.54) is 7.11 Å². The van der Waals surface area contributed by atoms with Crippen LogP contribution in [0.15, 0.2) is 0 Å². The molecule has 0 aliphatic rings. The van der Waals surface area contributed by atoms with Gasteiger partial charge in [-0.3, -0.25) is 9.59 Å². The van der Waals surface area contributed by atoms with Crippen LogP contribution < -0.4 is 0 Å². The summed E-state index contributed by atoms with van der Waals surface area (Å²) in [5.41, 5.74) is 0. The number of ketones is 1. The molecule has 0 atom stereocenters. The molecule has 0 aliphatic carbocycles. The fourth-order valence-corrected chi connectivity index (χ4v) is 1.30. The molecule has 0 aromatic rings. The van der Waals surface area contributed by atoms with Crippen molar-refractivity contribution in [3.05, 3.63) is 0 Å². The molecule has 0 spiro atoms. The predicted octanol–water partition coefficient (Wildman–Crippen LogP) is 3.90. The smallest absolute Gasteiger partial charge is 0.305 e. The monoisotopic (exact) mass is 244 g/mol. The molecule has 0 unspecified atom stereocenters. The first-order valence-corrected chi connectivity index (χ1v) is 6.70. The van der Waals surface area contributed by atoms with Crippen molar-refractivity contribution in [2.75, 3.05) is 7.11 Å². The van der Waals surface area contributed by atoms with Gasteiger partial charge < -0.3 is 4.74 Å². The molecule has 3 nitrogen and oxygen atoms in total. The molecule has 0 fully saturated rings. The van der Waals surface area contributed by atoms with Gasteiger partial charge in [-0.25, -0.2) is 0 Å². The molecular formula is C14H28O3. The maximum atomic E-state index is 10.6. The summed E-state index contributed by atoms with van der Waals surface area (Å²) >= 11 is 0. The second-order valence-electron chi connectivity index (χ2n) is 4.07. The van der Waals surface area contributed by atoms with Gasteiger partial charge in [0.15, 0.2) is 0 Å². The largest absolute Gasteiger partial charge is 0.469 e. The van der Waals surface area contributed by atoms with Crippen LogP contribution in [-0.2, 0) is 14.3 Å². The van der Waals surface area contributed by atoms with Gasteiger partial charge in [-0.15, -0.1) is 0 Å². The minimum absolute atomic E-state index is 0.0940. The molecule has 17 heavy (non-hydrogen) atoms. The van der Waals surface area contributed by atoms with Crippen LogP contribution in [0, 0.1) is 0 Å². The van der Waals surface area contributed by atoms with E-state index in [4.69, 9.17) is 0 Å². The normalized spacial score (nSPS) is 9.18. The van der Waals surface area contributed by atoms with Crippen molar-refractivity contribution in [2.24, 2.45) is 0 Å². The molecular weight excluding hydrogens is 216 g/mol. The van der Waals surface area contributed by atoms with Crippen molar-refractivity contribution >= 4 is 11.8 Å². The van der Waals surface area contributed by atoms with Crippen LogP contribution in [-0.4, -0.2) is 18.9 Å². The van der Waals surface area contributed by atoms with Gasteiger partial charge in [-0.2, -0.15) is 0 Å². The second-order valence-corrected chi connectivity index (χ2v) is 4.07. The molecule has 3 heteroatoms. The van der Waals surface area contributed by atoms with E-state index in [0.717, 1.165) is 44.9 Å². The van der Waals surface area contributed by atoms with Crippen molar-refractivity contribution in [3.63, 3.8) is 0 Å². The Morgan fingerprint density at radius 2 is 1.35 bits per heavy atom. The molecule has 0 heterocycles. The quantitative estimate of drug-likeness (QED) is 0.480. The maximum absolute atomic E-state index is 10.6. The molecule has 0 N–H and O–H groups in total. The van der Waals surface area contributed by atoms with Crippen molar-refractivity contribution in [3.8, 4) is 0 Å². The molecule has 102 valence electrons. The Kier molecular flexibility index (Phi) is 16.5. The number of rotatable bonds is 8. The SMILES string of the molecule is CCCC(=O)CCC.CCCCCC(=O)OC. The summed E-state index contributed by atoms with van der Waals surface area (Å²) in [6.45, 7) is 6.18. The molecule has 0 bridgehead atoms. The fraction of sp³-hybridized carbons (Fsp3) is 0.857. The third-order valence-electron chi connectivity index (χ3n) is 2.27. The van der Waals surface area contributed by atoms with Crippen molar-refractivity contribution in [1.82, 2.24) is 0 Å². The van der Waals surface area contributed by atoms with Crippen molar-refractivity contribution in [2.45, 2.75) is 72.1 Å². The first kappa shape index (κ1) is 18.5. The Bertz CT molecular complexity index is 180. The lowest BCUT2D eigenvalue weighted by Gasteiger charge is -1.95. The molecule has 0 aromatic heterocycles. The van der Waals surface area contributed by atoms with Gasteiger partial charge in [0.1, 0.15) is 5.78 Å². The molecule has 0 saturated carbocycles. The lowest BCUT2D eigenvalue weighted by molar-refractivity contribution is -0.140. The van der Waals surface area contributed by atoms with Crippen molar-refractivity contribution in [1.29, 1.82) is 0 Å². The van der Waals surface area contributed by atoms with E-state index in [2.05, 4.69) is 11.7 Å². The fourth-order valence-electron chi connectivity index (χ4n) is 1.30. The zero-order valence-corrected chi connectivity index (χ0v) is 11.9. The topological polar surface area (TPSA) is 43.4 Å². The zero-order chi connectivity index (χ0) is 13.5. The Balaban J connectivity index is 0. The lowest BCUT2D eigenvalue weighted by atomic mass is 10.1. The molecule has 0 saturated heterocycles. The Hall–Kier alpha value is -0.860. The number of hydrogen-bond donors (Lipinski definition) is 0. The highest BCUT2D eigenvalue weighted by Gasteiger charge is 1.96. The Morgan fingerprint density at radius 1 is 0.824 bits per heavy atom. The van der Waals surface area contributed by atoms with E-state index in [0.29, 0.717) is 12.2 Å². The van der Waals surface area contributed by atoms with Gasteiger partial charge in [0, 0.05) is 19.3 Å². The van der Waals surface area contributed by atoms with Gasteiger partial charge in [-0.1, -0.05) is 33.6 Å². The molecule has 0 rings (SSSR count). The molecule has 0 amide bonds. The van der Waals surface area contributed by atoms with Crippen LogP contribution >= 0.6 is 0 Å². The van der Waals surface area contributed by atoms with E-state index >= 15 is 0 Å². The number of ether oxygens (including phenoxy) is 1. The number of carbonyl (C=O) groups is 2. The van der Waals surface area contributed by atoms with Crippen LogP contribution in [0.1, 0.15) is 72.1 Å². The van der Waals surface area contributed by atoms with Crippen LogP contribution in [0.2, 0.25) is 0 Å². The van der Waals surface area contributed by atoms with E-state index in [9.17, 15) is 9.59 Å². The summed E-state index contributed by atoms with van der Waals surface area (Å²) in [5.74, 6) is 0.318. The number of unbranched alkanes of at least 4 members (excludes halogenated alkanes) is 2. The van der Waals surface area contributed by atoms with E-state index < -0.39 is 0 Å². The van der Waals surface area contributed by atoms with Crippen LogP contribution in [0.3, 0.4) is 0 Å². The number of esters is 1. The van der Waals surface area contributed by atoms with Crippen LogP contribution in [0.25, 0.3) is 0 Å². The van der Waals surface area contributed by atoms with E-state index in [1.54, 1.807) is 0 Å². The minimum Gasteiger partial charge on any atom is -0.469 e. The summed E-state index contributed by atoms with van der Waals surface area (Å²) in [6, 6.07) is 0. The summed E-state index contributed by atoms with van der Waals surface area (Å²) in [4.78, 5) is 21.1. The first-order chi connectivity index (χ1) is 8.12. The van der Waals surface area contributed by atoms with Gasteiger partial charge >= 0.3 is 5.97 Å². The number of Topliss-reactive ketones (excluding diaryl/α,β-unsaturated/α-hetero) is 1. The van der Waals surface area contributed by atoms with Crippen LogP contribution in [0.5, 0.6) is 0 Å². The summed E-state index contributed by atoms with van der Waals surface area (Å²) in [5, 5.41) is 0. The predicted molar refractivity (Wildman–Crippen MR) is 71.0 cm³/mol. The van der Waals surface area contributed by atoms with E-state index in [1.807, 2.05) is 13.8 Å². The maximum Gasteiger partial charge on any atom is 0.305 e. The highest BCUT2D eigenvalue weighted by atomic mass is 16.5. The third kappa shape index (κ3) is 17.7. The zero-order valence-electron chi connectivity index (χ0n) is 11.9. The highest BCUT2D eigenvalue weighted by Crippen LogP contribution is 1.99. The molecule has 0 aliphatic heterocycles. The van der Waals surface area contributed by atoms with Gasteiger partial charge in [0.2, 0.25) is 0 Å². The molecule has 0 aromatic carbocycles. The number of carbonyl (C=O) groups excluding carboxylic acids is 2. The molecule has 0 radical (unpaired) electrons. The Labute approximate surface area is 106 Å². The average molecular weight is 244 g/mol. The van der Waals surface area contributed by atoms with Gasteiger partial charge in [-0.05, 0) is 19.3 Å². The van der Waals surface area contributed by atoms with E-state index in [-0.39, 0.29) is 5.97 Å². The highest BCUT2D eigenvalue weighted by molar-refractivity contribution is 5.78. The van der Waals surface area contributed by atoms with Crippen LogP contribution in [0.4, 0.5) is 0 Å². The lowest BCUT2D eigenvalue weighted by Crippen LogP contribution is -1.98. The Morgan fingerprint density at radius 3 is 1.71 bits per heavy atom. The van der Waals surface area contributed by atoms with Gasteiger partial charge in [0.05, 0.1) is 7.11 Å². The standard InChI is InChI=1S/C7H14O2.C7H14O/c1-3-4-5-6-7(8)9-2;1-3-5-7(8)6-4-2/h3-6H2,1-2H3;3-6H2,1-2H3. The summed E-state index contributed by atoms with van der Waals surface area (Å²) in [6.07, 6.45) is 7.35. The summed E-state index contributed by atoms with van der Waals surface area (Å²) < 4.78 is 4.46. The minimum atomic E-state index is -0.0940. The van der Waals surface area contributed by atoms with Crippen molar-refractivity contribution < 1.29 is 14.3 Å². The average Bonchev–Trinajstić information content (AvgIpc) is 2.30. The first-order valence-electron chi connectivity index (χ1n) is 6.70. The van der Waals surface area contributed by atoms with Gasteiger partial charge in [0.25, 0.3) is 0 Å². The number of methoxy groups -OCH3 is 1. The number of hydrogen-bond acceptors (Lipinski definition) is 3. The third-order valence-corrected chi connectivity index (χ3v) is 2.27. The summed E-state index contributed by atoms with van der Waals surface area (Å²) in [7, 11) is 1.42.